The molecular formula is C13H16Cl2FNO3S. The van der Waals surface area contributed by atoms with Gasteiger partial charge in [-0.15, -0.1) is 0 Å². The fraction of sp³-hybridized carbons (Fsp3) is 0.462. The Labute approximate surface area is 133 Å². The maximum atomic E-state index is 14.2. The summed E-state index contributed by atoms with van der Waals surface area (Å²) in [6, 6.07) is 1.98. The Morgan fingerprint density at radius 3 is 2.48 bits per heavy atom. The first kappa shape index (κ1) is 18.2. The SMILES string of the molecule is CCCCCN(C)C(=O)c1cc(Cl)cc(S(=O)(=O)Cl)c1F. The van der Waals surface area contributed by atoms with Gasteiger partial charge in [-0.3, -0.25) is 4.79 Å². The van der Waals surface area contributed by atoms with E-state index in [-0.39, 0.29) is 5.02 Å². The van der Waals surface area contributed by atoms with E-state index in [2.05, 4.69) is 0 Å². The van der Waals surface area contributed by atoms with Gasteiger partial charge < -0.3 is 4.90 Å². The molecule has 1 aromatic carbocycles. The molecule has 0 saturated heterocycles. The first-order valence-corrected chi connectivity index (χ1v) is 9.06. The Kier molecular flexibility index (Phi) is 6.43. The van der Waals surface area contributed by atoms with Gasteiger partial charge in [0.05, 0.1) is 5.56 Å². The Morgan fingerprint density at radius 2 is 1.95 bits per heavy atom. The second kappa shape index (κ2) is 7.42. The van der Waals surface area contributed by atoms with Crippen molar-refractivity contribution in [2.75, 3.05) is 13.6 Å². The van der Waals surface area contributed by atoms with Crippen LogP contribution >= 0.6 is 22.3 Å². The van der Waals surface area contributed by atoms with E-state index in [1.165, 1.54) is 11.9 Å². The summed E-state index contributed by atoms with van der Waals surface area (Å²) >= 11 is 5.74. The minimum atomic E-state index is -4.32. The van der Waals surface area contributed by atoms with Gasteiger partial charge in [-0.05, 0) is 18.6 Å². The van der Waals surface area contributed by atoms with Crippen molar-refractivity contribution in [1.29, 1.82) is 0 Å². The van der Waals surface area contributed by atoms with E-state index < -0.39 is 31.2 Å². The molecule has 0 aliphatic heterocycles. The summed E-state index contributed by atoms with van der Waals surface area (Å²) in [5.74, 6) is -1.81. The maximum absolute atomic E-state index is 14.2. The fourth-order valence-electron chi connectivity index (χ4n) is 1.80. The molecule has 118 valence electrons. The minimum absolute atomic E-state index is 0.0686. The van der Waals surface area contributed by atoms with E-state index in [9.17, 15) is 17.6 Å². The molecule has 0 bridgehead atoms. The van der Waals surface area contributed by atoms with Crippen LogP contribution in [-0.4, -0.2) is 32.8 Å². The Hall–Kier alpha value is -0.850. The van der Waals surface area contributed by atoms with Crippen molar-refractivity contribution in [3.05, 3.63) is 28.5 Å². The van der Waals surface area contributed by atoms with Crippen LogP contribution in [0.3, 0.4) is 0 Å². The van der Waals surface area contributed by atoms with Crippen molar-refractivity contribution < 1.29 is 17.6 Å². The van der Waals surface area contributed by atoms with Crippen molar-refractivity contribution in [3.8, 4) is 0 Å². The van der Waals surface area contributed by atoms with Gasteiger partial charge in [0, 0.05) is 29.3 Å². The third-order valence-corrected chi connectivity index (χ3v) is 4.48. The number of unbranched alkanes of at least 4 members (excludes halogenated alkanes) is 2. The highest BCUT2D eigenvalue weighted by atomic mass is 35.7. The zero-order valence-corrected chi connectivity index (χ0v) is 14.0. The summed E-state index contributed by atoms with van der Waals surface area (Å²) < 4.78 is 36.8. The summed E-state index contributed by atoms with van der Waals surface area (Å²) in [4.78, 5) is 12.7. The van der Waals surface area contributed by atoms with E-state index in [1.807, 2.05) is 6.92 Å². The Balaban J connectivity index is 3.13. The second-order valence-corrected chi connectivity index (χ2v) is 7.61. The molecule has 21 heavy (non-hydrogen) atoms. The molecule has 0 aromatic heterocycles. The predicted octanol–water partition coefficient (Wildman–Crippen LogP) is 3.67. The molecule has 0 heterocycles. The van der Waals surface area contributed by atoms with Crippen molar-refractivity contribution in [1.82, 2.24) is 4.90 Å². The molecule has 0 N–H and O–H groups in total. The van der Waals surface area contributed by atoms with Crippen molar-refractivity contribution in [3.63, 3.8) is 0 Å². The molecule has 0 aliphatic carbocycles. The van der Waals surface area contributed by atoms with Gasteiger partial charge in [0.2, 0.25) is 0 Å². The average Bonchev–Trinajstić information content (AvgIpc) is 2.39. The minimum Gasteiger partial charge on any atom is -0.342 e. The number of halogens is 3. The van der Waals surface area contributed by atoms with Gasteiger partial charge >= 0.3 is 0 Å². The quantitative estimate of drug-likeness (QED) is 0.577. The largest absolute Gasteiger partial charge is 0.342 e. The third-order valence-electron chi connectivity index (χ3n) is 2.94. The Morgan fingerprint density at radius 1 is 1.33 bits per heavy atom. The molecule has 4 nitrogen and oxygen atoms in total. The number of hydrogen-bond acceptors (Lipinski definition) is 3. The summed E-state index contributed by atoms with van der Waals surface area (Å²) in [5, 5.41) is -0.0686. The van der Waals surface area contributed by atoms with Crippen molar-refractivity contribution in [2.45, 2.75) is 31.1 Å². The first-order chi connectivity index (χ1) is 9.68. The van der Waals surface area contributed by atoms with Crippen LogP contribution in [-0.2, 0) is 9.05 Å². The highest BCUT2D eigenvalue weighted by Gasteiger charge is 2.25. The Bertz CT molecular complexity index is 635. The topological polar surface area (TPSA) is 54.5 Å². The predicted molar refractivity (Wildman–Crippen MR) is 80.9 cm³/mol. The standard InChI is InChI=1S/C13H16Cl2FNO3S/c1-3-4-5-6-17(2)13(18)10-7-9(14)8-11(12(10)16)21(15,19)20/h7-8H,3-6H2,1-2H3. The number of amides is 1. The highest BCUT2D eigenvalue weighted by molar-refractivity contribution is 8.13. The zero-order valence-electron chi connectivity index (χ0n) is 11.7. The van der Waals surface area contributed by atoms with Gasteiger partial charge in [-0.1, -0.05) is 31.4 Å². The maximum Gasteiger partial charge on any atom is 0.264 e. The molecule has 0 saturated carbocycles. The third kappa shape index (κ3) is 4.83. The number of rotatable bonds is 6. The average molecular weight is 356 g/mol. The molecule has 0 aliphatic rings. The van der Waals surface area contributed by atoms with Gasteiger partial charge in [0.15, 0.2) is 5.82 Å². The summed E-state index contributed by atoms with van der Waals surface area (Å²) in [6.07, 6.45) is 2.71. The molecule has 0 fully saturated rings. The van der Waals surface area contributed by atoms with Gasteiger partial charge in [-0.25, -0.2) is 12.8 Å². The number of nitrogens with zero attached hydrogens (tertiary/aromatic N) is 1. The van der Waals surface area contributed by atoms with E-state index >= 15 is 0 Å². The fourth-order valence-corrected chi connectivity index (χ4v) is 3.01. The number of carbonyl (C=O) groups excluding carboxylic acids is 1. The second-order valence-electron chi connectivity index (χ2n) is 4.64. The number of hydrogen-bond donors (Lipinski definition) is 0. The molecule has 8 heteroatoms. The summed E-state index contributed by atoms with van der Waals surface area (Å²) in [7, 11) is 2.35. The van der Waals surface area contributed by atoms with E-state index in [1.54, 1.807) is 0 Å². The van der Waals surface area contributed by atoms with Crippen LogP contribution in [0.2, 0.25) is 5.02 Å². The van der Waals surface area contributed by atoms with Crippen LogP contribution in [0.4, 0.5) is 4.39 Å². The lowest BCUT2D eigenvalue weighted by molar-refractivity contribution is 0.0787. The van der Waals surface area contributed by atoms with Crippen LogP contribution in [0, 0.1) is 5.82 Å². The molecule has 0 spiro atoms. The smallest absolute Gasteiger partial charge is 0.264 e. The monoisotopic (exact) mass is 355 g/mol. The van der Waals surface area contributed by atoms with E-state index in [4.69, 9.17) is 22.3 Å². The molecule has 1 aromatic rings. The lowest BCUT2D eigenvalue weighted by Crippen LogP contribution is -2.29. The lowest BCUT2D eigenvalue weighted by Gasteiger charge is -2.18. The van der Waals surface area contributed by atoms with Crippen LogP contribution < -0.4 is 0 Å². The first-order valence-electron chi connectivity index (χ1n) is 6.37. The van der Waals surface area contributed by atoms with E-state index in [0.29, 0.717) is 6.54 Å². The molecule has 0 atom stereocenters. The number of benzene rings is 1. The molecule has 1 amide bonds. The van der Waals surface area contributed by atoms with Crippen molar-refractivity contribution in [2.24, 2.45) is 0 Å². The van der Waals surface area contributed by atoms with E-state index in [0.717, 1.165) is 31.4 Å². The van der Waals surface area contributed by atoms with Gasteiger partial charge in [-0.2, -0.15) is 0 Å². The summed E-state index contributed by atoms with van der Waals surface area (Å²) in [6.45, 7) is 2.47. The number of carbonyl (C=O) groups is 1. The highest BCUT2D eigenvalue weighted by Crippen LogP contribution is 2.27. The molecule has 1 rings (SSSR count). The zero-order chi connectivity index (χ0) is 16.2. The van der Waals surface area contributed by atoms with Crippen LogP contribution in [0.5, 0.6) is 0 Å². The molecule has 0 unspecified atom stereocenters. The van der Waals surface area contributed by atoms with Crippen LogP contribution in [0.25, 0.3) is 0 Å². The normalized spacial score (nSPS) is 11.5. The molecular weight excluding hydrogens is 340 g/mol. The van der Waals surface area contributed by atoms with Gasteiger partial charge in [0.25, 0.3) is 15.0 Å². The lowest BCUT2D eigenvalue weighted by atomic mass is 10.1. The van der Waals surface area contributed by atoms with Gasteiger partial charge in [0.1, 0.15) is 4.90 Å². The summed E-state index contributed by atoms with van der Waals surface area (Å²) in [5.41, 5.74) is -0.402. The van der Waals surface area contributed by atoms with Crippen LogP contribution in [0.1, 0.15) is 36.5 Å². The van der Waals surface area contributed by atoms with Crippen molar-refractivity contribution >= 4 is 37.2 Å². The molecule has 0 radical (unpaired) electrons. The van der Waals surface area contributed by atoms with Crippen LogP contribution in [0.15, 0.2) is 17.0 Å².